The van der Waals surface area contributed by atoms with Gasteiger partial charge in [0, 0.05) is 12.5 Å². The standard InChI is InChI=1S/C11H20F2N2/c1-15-7-3-4-9(8-15)11(12,13)10-5-2-6-14-10/h9-10,14H,2-8H2,1H3. The van der Waals surface area contributed by atoms with Gasteiger partial charge < -0.3 is 10.2 Å². The molecule has 2 atom stereocenters. The molecule has 0 spiro atoms. The number of nitrogens with zero attached hydrogens (tertiary/aromatic N) is 1. The number of rotatable bonds is 2. The van der Waals surface area contributed by atoms with Crippen molar-refractivity contribution in [1.29, 1.82) is 0 Å². The predicted octanol–water partition coefficient (Wildman–Crippen LogP) is 1.72. The van der Waals surface area contributed by atoms with Gasteiger partial charge in [0.05, 0.1) is 6.04 Å². The molecule has 0 aliphatic carbocycles. The highest BCUT2D eigenvalue weighted by atomic mass is 19.3. The lowest BCUT2D eigenvalue weighted by molar-refractivity contribution is -0.103. The molecule has 0 aromatic heterocycles. The number of hydrogen-bond acceptors (Lipinski definition) is 2. The quantitative estimate of drug-likeness (QED) is 0.759. The van der Waals surface area contributed by atoms with Crippen LogP contribution in [-0.2, 0) is 0 Å². The van der Waals surface area contributed by atoms with Gasteiger partial charge in [-0.1, -0.05) is 0 Å². The van der Waals surface area contributed by atoms with Crippen LogP contribution in [0.25, 0.3) is 0 Å². The van der Waals surface area contributed by atoms with Crippen molar-refractivity contribution in [3.63, 3.8) is 0 Å². The Kier molecular flexibility index (Phi) is 3.26. The Morgan fingerprint density at radius 1 is 1.27 bits per heavy atom. The number of likely N-dealkylation sites (tertiary alicyclic amines) is 1. The molecule has 0 aromatic rings. The maximum atomic E-state index is 14.1. The molecule has 4 heteroatoms. The first-order chi connectivity index (χ1) is 7.10. The van der Waals surface area contributed by atoms with E-state index in [9.17, 15) is 8.78 Å². The Hall–Kier alpha value is -0.220. The number of alkyl halides is 2. The van der Waals surface area contributed by atoms with Gasteiger partial charge in [0.15, 0.2) is 0 Å². The van der Waals surface area contributed by atoms with Crippen molar-refractivity contribution in [3.05, 3.63) is 0 Å². The average Bonchev–Trinajstić information content (AvgIpc) is 2.71. The lowest BCUT2D eigenvalue weighted by Crippen LogP contribution is -2.51. The highest BCUT2D eigenvalue weighted by molar-refractivity contribution is 4.94. The molecule has 2 heterocycles. The topological polar surface area (TPSA) is 15.3 Å². The summed E-state index contributed by atoms with van der Waals surface area (Å²) in [5, 5.41) is 2.94. The first-order valence-electron chi connectivity index (χ1n) is 5.90. The second kappa shape index (κ2) is 4.34. The van der Waals surface area contributed by atoms with Crippen LogP contribution < -0.4 is 5.32 Å². The third-order valence-corrected chi connectivity index (χ3v) is 3.69. The second-order valence-electron chi connectivity index (χ2n) is 4.92. The minimum Gasteiger partial charge on any atom is -0.309 e. The lowest BCUT2D eigenvalue weighted by Gasteiger charge is -2.37. The summed E-state index contributed by atoms with van der Waals surface area (Å²) in [7, 11) is 1.93. The number of hydrogen-bond donors (Lipinski definition) is 1. The Morgan fingerprint density at radius 2 is 2.07 bits per heavy atom. The third kappa shape index (κ3) is 2.31. The predicted molar refractivity (Wildman–Crippen MR) is 56.2 cm³/mol. The van der Waals surface area contributed by atoms with Crippen LogP contribution in [0, 0.1) is 5.92 Å². The van der Waals surface area contributed by atoms with E-state index in [0.29, 0.717) is 19.4 Å². The van der Waals surface area contributed by atoms with Crippen LogP contribution in [0.5, 0.6) is 0 Å². The van der Waals surface area contributed by atoms with E-state index in [4.69, 9.17) is 0 Å². The molecule has 2 unspecified atom stereocenters. The van der Waals surface area contributed by atoms with Crippen molar-refractivity contribution in [2.24, 2.45) is 5.92 Å². The molecule has 0 saturated carbocycles. The molecule has 88 valence electrons. The Bertz CT molecular complexity index is 215. The summed E-state index contributed by atoms with van der Waals surface area (Å²) in [5.41, 5.74) is 0. The maximum absolute atomic E-state index is 14.1. The molecule has 0 amide bonds. The highest BCUT2D eigenvalue weighted by Gasteiger charge is 2.48. The van der Waals surface area contributed by atoms with E-state index in [0.717, 1.165) is 25.9 Å². The molecule has 2 rings (SSSR count). The minimum absolute atomic E-state index is 0.452. The minimum atomic E-state index is -2.52. The van der Waals surface area contributed by atoms with Crippen molar-refractivity contribution in [2.75, 3.05) is 26.7 Å². The van der Waals surface area contributed by atoms with Crippen LogP contribution >= 0.6 is 0 Å². The van der Waals surface area contributed by atoms with Crippen LogP contribution in [0.2, 0.25) is 0 Å². The molecular formula is C11H20F2N2. The summed E-state index contributed by atoms with van der Waals surface area (Å²) in [6.45, 7) is 2.26. The van der Waals surface area contributed by atoms with Crippen LogP contribution in [0.4, 0.5) is 8.78 Å². The number of piperidine rings is 1. The van der Waals surface area contributed by atoms with E-state index >= 15 is 0 Å². The smallest absolute Gasteiger partial charge is 0.267 e. The van der Waals surface area contributed by atoms with E-state index in [1.165, 1.54) is 0 Å². The molecule has 15 heavy (non-hydrogen) atoms. The monoisotopic (exact) mass is 218 g/mol. The lowest BCUT2D eigenvalue weighted by atomic mass is 9.87. The van der Waals surface area contributed by atoms with E-state index in [1.54, 1.807) is 0 Å². The van der Waals surface area contributed by atoms with Gasteiger partial charge in [-0.15, -0.1) is 0 Å². The molecule has 2 aliphatic heterocycles. The van der Waals surface area contributed by atoms with Gasteiger partial charge in [0.2, 0.25) is 0 Å². The van der Waals surface area contributed by atoms with Crippen molar-refractivity contribution in [2.45, 2.75) is 37.6 Å². The van der Waals surface area contributed by atoms with Crippen LogP contribution in [0.1, 0.15) is 25.7 Å². The first kappa shape index (κ1) is 11.3. The summed E-state index contributed by atoms with van der Waals surface area (Å²) in [4.78, 5) is 2.02. The molecule has 0 aromatic carbocycles. The van der Waals surface area contributed by atoms with Gasteiger partial charge in [-0.3, -0.25) is 0 Å². The molecule has 2 saturated heterocycles. The van der Waals surface area contributed by atoms with Gasteiger partial charge in [-0.2, -0.15) is 0 Å². The van der Waals surface area contributed by atoms with Crippen LogP contribution in [-0.4, -0.2) is 43.5 Å². The van der Waals surface area contributed by atoms with E-state index in [-0.39, 0.29) is 0 Å². The van der Waals surface area contributed by atoms with E-state index in [2.05, 4.69) is 5.32 Å². The summed E-state index contributed by atoms with van der Waals surface area (Å²) in [6, 6.07) is -0.575. The zero-order valence-electron chi connectivity index (χ0n) is 9.31. The highest BCUT2D eigenvalue weighted by Crippen LogP contribution is 2.37. The van der Waals surface area contributed by atoms with Crippen molar-refractivity contribution >= 4 is 0 Å². The zero-order valence-corrected chi connectivity index (χ0v) is 9.31. The van der Waals surface area contributed by atoms with Gasteiger partial charge in [-0.05, 0) is 45.8 Å². The molecular weight excluding hydrogens is 198 g/mol. The second-order valence-corrected chi connectivity index (χ2v) is 4.92. The average molecular weight is 218 g/mol. The van der Waals surface area contributed by atoms with Crippen molar-refractivity contribution < 1.29 is 8.78 Å². The van der Waals surface area contributed by atoms with Gasteiger partial charge in [0.25, 0.3) is 5.92 Å². The summed E-state index contributed by atoms with van der Waals surface area (Å²) in [5.74, 6) is -2.97. The van der Waals surface area contributed by atoms with E-state index < -0.39 is 17.9 Å². The Balaban J connectivity index is 1.99. The normalized spacial score (nSPS) is 34.6. The molecule has 2 fully saturated rings. The molecule has 2 aliphatic rings. The van der Waals surface area contributed by atoms with Crippen LogP contribution in [0.15, 0.2) is 0 Å². The molecule has 1 N–H and O–H groups in total. The first-order valence-corrected chi connectivity index (χ1v) is 5.90. The van der Waals surface area contributed by atoms with E-state index in [1.807, 2.05) is 11.9 Å². The summed E-state index contributed by atoms with van der Waals surface area (Å²) >= 11 is 0. The fraction of sp³-hybridized carbons (Fsp3) is 1.00. The zero-order chi connectivity index (χ0) is 10.9. The van der Waals surface area contributed by atoms with Gasteiger partial charge in [0.1, 0.15) is 0 Å². The Labute approximate surface area is 90.0 Å². The number of nitrogens with one attached hydrogen (secondary N) is 1. The summed E-state index contributed by atoms with van der Waals surface area (Å²) in [6.07, 6.45) is 3.11. The molecule has 0 bridgehead atoms. The van der Waals surface area contributed by atoms with Crippen molar-refractivity contribution in [1.82, 2.24) is 10.2 Å². The van der Waals surface area contributed by atoms with Crippen molar-refractivity contribution in [3.8, 4) is 0 Å². The molecule has 2 nitrogen and oxygen atoms in total. The van der Waals surface area contributed by atoms with Gasteiger partial charge in [-0.25, -0.2) is 8.78 Å². The van der Waals surface area contributed by atoms with Crippen LogP contribution in [0.3, 0.4) is 0 Å². The summed E-state index contributed by atoms with van der Waals surface area (Å²) < 4.78 is 28.2. The van der Waals surface area contributed by atoms with Gasteiger partial charge >= 0.3 is 0 Å². The SMILES string of the molecule is CN1CCCC(C(F)(F)C2CCCN2)C1. The Morgan fingerprint density at radius 3 is 2.67 bits per heavy atom. The maximum Gasteiger partial charge on any atom is 0.267 e. The number of halogens is 2. The largest absolute Gasteiger partial charge is 0.309 e. The fourth-order valence-corrected chi connectivity index (χ4v) is 2.78. The third-order valence-electron chi connectivity index (χ3n) is 3.69. The fourth-order valence-electron chi connectivity index (χ4n) is 2.78. The molecule has 0 radical (unpaired) electrons.